The monoisotopic (exact) mass is 1080 g/mol. The predicted octanol–water partition coefficient (Wildman–Crippen LogP) is 1.06. The highest BCUT2D eigenvalue weighted by molar-refractivity contribution is 7.80. The lowest BCUT2D eigenvalue weighted by atomic mass is 10.2. The zero-order valence-corrected chi connectivity index (χ0v) is 41.3. The summed E-state index contributed by atoms with van der Waals surface area (Å²) in [5.41, 5.74) is 15.8. The average Bonchev–Trinajstić information content (AvgIpc) is 4.10. The van der Waals surface area contributed by atoms with Crippen LogP contribution in [0.1, 0.15) is 57.4 Å². The van der Waals surface area contributed by atoms with Gasteiger partial charge in [-0.2, -0.15) is 22.6 Å². The Morgan fingerprint density at radius 1 is 0.845 bits per heavy atom. The summed E-state index contributed by atoms with van der Waals surface area (Å²) in [5, 5.41) is 10.7. The number of aliphatic hydroxyl groups excluding tert-OH is 1. The number of aromatic nitrogens is 8. The Labute approximate surface area is 408 Å². The number of hydrogen-bond acceptors (Lipinski definition) is 26. The van der Waals surface area contributed by atoms with Crippen LogP contribution in [0.4, 0.5) is 29.1 Å². The second-order valence-corrected chi connectivity index (χ2v) is 20.9. The molecule has 7 heterocycles. The number of phosphoric acid groups is 3. The molecule has 35 heteroatoms. The first-order valence-corrected chi connectivity index (χ1v) is 26.8. The zero-order valence-electron chi connectivity index (χ0n) is 37.7. The highest BCUT2D eigenvalue weighted by Gasteiger charge is 2.47. The number of unbranched alkanes of at least 4 members (excludes halogenated alkanes) is 3. The van der Waals surface area contributed by atoms with Gasteiger partial charge in [0.1, 0.15) is 67.0 Å². The van der Waals surface area contributed by atoms with E-state index in [9.17, 15) is 43.1 Å². The molecule has 0 aliphatic carbocycles. The van der Waals surface area contributed by atoms with E-state index >= 15 is 0 Å². The highest BCUT2D eigenvalue weighted by atomic mass is 32.1. The van der Waals surface area contributed by atoms with Crippen molar-refractivity contribution in [2.75, 3.05) is 61.3 Å². The van der Waals surface area contributed by atoms with Crippen LogP contribution < -0.4 is 33.3 Å². The number of aliphatic hydroxyl groups is 1. The van der Waals surface area contributed by atoms with Gasteiger partial charge in [0.05, 0.1) is 38.9 Å². The van der Waals surface area contributed by atoms with Crippen LogP contribution in [0.5, 0.6) is 0 Å². The normalized spacial score (nSPS) is 27.1. The minimum atomic E-state index is -5.23. The van der Waals surface area contributed by atoms with E-state index in [2.05, 4.69) is 54.2 Å². The van der Waals surface area contributed by atoms with Gasteiger partial charge in [-0.1, -0.05) is 12.8 Å². The van der Waals surface area contributed by atoms with Gasteiger partial charge in [0.15, 0.2) is 22.8 Å². The fourth-order valence-corrected chi connectivity index (χ4v) is 10.7. The van der Waals surface area contributed by atoms with Gasteiger partial charge in [0, 0.05) is 32.5 Å². The molecule has 3 fully saturated rings. The zero-order chi connectivity index (χ0) is 51.3. The number of imidazole rings is 1. The second kappa shape index (κ2) is 23.3. The quantitative estimate of drug-likeness (QED) is 0.0194. The van der Waals surface area contributed by atoms with Crippen LogP contribution in [0, 0.1) is 0 Å². The molecular weight excluding hydrogens is 1030 g/mol. The summed E-state index contributed by atoms with van der Waals surface area (Å²) in [6, 6.07) is 1.34. The fraction of sp³-hybridized carbons (Fsp3) is 0.611. The van der Waals surface area contributed by atoms with Crippen molar-refractivity contribution in [1.82, 2.24) is 39.0 Å². The van der Waals surface area contributed by atoms with E-state index in [1.165, 1.54) is 35.1 Å². The SMILES string of the molecule is C=Nc1c(N)ncnc1N(C)[C@H]1CC(OP(=O)(O)OC[C@H]2O[C@@H](n3cnc4c(=O)[nH]c(N)nc43)CC2OP(=O)(O)OC[C@H]2O[C@@H](n3ccc(N)nc3=O)CC2O)[C@@H](COP(=O)(O)OCCCCCCS)O1. The van der Waals surface area contributed by atoms with E-state index < -0.39 is 110 Å². The van der Waals surface area contributed by atoms with E-state index in [0.717, 1.165) is 30.2 Å². The Morgan fingerprint density at radius 2 is 1.48 bits per heavy atom. The number of nitrogens with zero attached hydrogens (tertiary/aromatic N) is 9. The minimum absolute atomic E-state index is 0.0139. The first kappa shape index (κ1) is 54.5. The molecule has 31 nitrogen and oxygen atoms in total. The van der Waals surface area contributed by atoms with Crippen molar-refractivity contribution in [2.24, 2.45) is 4.99 Å². The molecule has 7 rings (SSSR count). The Balaban J connectivity index is 1.05. The number of anilines is 4. The van der Waals surface area contributed by atoms with Crippen molar-refractivity contribution in [3.05, 3.63) is 45.8 Å². The molecule has 6 unspecified atom stereocenters. The number of ether oxygens (including phenoxy) is 3. The number of thiol groups is 1. The molecule has 0 bridgehead atoms. The third-order valence-electron chi connectivity index (χ3n) is 11.3. The third-order valence-corrected chi connectivity index (χ3v) is 14.6. The van der Waals surface area contributed by atoms with Crippen molar-refractivity contribution >= 4 is 83.1 Å². The van der Waals surface area contributed by atoms with Gasteiger partial charge >= 0.3 is 29.2 Å². The van der Waals surface area contributed by atoms with E-state index in [1.54, 1.807) is 0 Å². The van der Waals surface area contributed by atoms with Gasteiger partial charge in [0.2, 0.25) is 5.95 Å². The minimum Gasteiger partial charge on any atom is -0.390 e. The predicted molar refractivity (Wildman–Crippen MR) is 251 cm³/mol. The number of aromatic amines is 1. The third kappa shape index (κ3) is 13.9. The first-order chi connectivity index (χ1) is 33.7. The number of nitrogens with one attached hydrogen (secondary N) is 1. The van der Waals surface area contributed by atoms with E-state index in [0.29, 0.717) is 12.2 Å². The second-order valence-electron chi connectivity index (χ2n) is 16.2. The molecule has 71 heavy (non-hydrogen) atoms. The number of fused-ring (bicyclic) bond motifs is 1. The van der Waals surface area contributed by atoms with Gasteiger partial charge in [0.25, 0.3) is 5.56 Å². The van der Waals surface area contributed by atoms with Crippen LogP contribution in [-0.2, 0) is 55.0 Å². The number of nitrogens with two attached hydrogens (primary N) is 3. The Kier molecular flexibility index (Phi) is 17.9. The molecule has 3 saturated heterocycles. The fourth-order valence-electron chi connectivity index (χ4n) is 7.79. The van der Waals surface area contributed by atoms with Crippen molar-refractivity contribution in [1.29, 1.82) is 0 Å². The summed E-state index contributed by atoms with van der Waals surface area (Å²) < 4.78 is 92.8. The van der Waals surface area contributed by atoms with Crippen LogP contribution in [-0.4, -0.2) is 148 Å². The maximum absolute atomic E-state index is 13.8. The largest absolute Gasteiger partial charge is 0.472 e. The maximum atomic E-state index is 13.8. The number of rotatable bonds is 25. The topological polar surface area (TPSA) is 433 Å². The summed E-state index contributed by atoms with van der Waals surface area (Å²) in [6.07, 6.45) is -5.53. The van der Waals surface area contributed by atoms with Gasteiger partial charge in [-0.15, -0.1) is 0 Å². The van der Waals surface area contributed by atoms with Crippen molar-refractivity contribution < 1.29 is 74.8 Å². The highest BCUT2D eigenvalue weighted by Crippen LogP contribution is 2.52. The first-order valence-electron chi connectivity index (χ1n) is 21.7. The molecule has 0 radical (unpaired) electrons. The molecule has 392 valence electrons. The summed E-state index contributed by atoms with van der Waals surface area (Å²) in [6.45, 7) is 1.15. The van der Waals surface area contributed by atoms with E-state index in [1.807, 2.05) is 0 Å². The van der Waals surface area contributed by atoms with Crippen molar-refractivity contribution in [3.8, 4) is 0 Å². The lowest BCUT2D eigenvalue weighted by Crippen LogP contribution is -2.33. The molecule has 11 N–H and O–H groups in total. The number of nitrogen functional groups attached to an aromatic ring is 3. The maximum Gasteiger partial charge on any atom is 0.472 e. The van der Waals surface area contributed by atoms with Crippen LogP contribution in [0.25, 0.3) is 11.2 Å². The molecular formula is C36H54N13O18P3S. The van der Waals surface area contributed by atoms with Crippen molar-refractivity contribution in [2.45, 2.75) is 100 Å². The average molecular weight is 1080 g/mol. The smallest absolute Gasteiger partial charge is 0.390 e. The molecule has 12 atom stereocenters. The summed E-state index contributed by atoms with van der Waals surface area (Å²) >= 11 is 4.17. The molecule has 0 spiro atoms. The Bertz CT molecular complexity index is 2780. The summed E-state index contributed by atoms with van der Waals surface area (Å²) in [7, 11) is -13.5. The summed E-state index contributed by atoms with van der Waals surface area (Å²) in [4.78, 5) is 85.2. The van der Waals surface area contributed by atoms with E-state index in [-0.39, 0.29) is 66.1 Å². The molecule has 3 aliphatic heterocycles. The van der Waals surface area contributed by atoms with Gasteiger partial charge in [-0.05, 0) is 31.4 Å². The number of aliphatic imine (C=N–C) groups is 1. The van der Waals surface area contributed by atoms with Crippen LogP contribution in [0.2, 0.25) is 0 Å². The van der Waals surface area contributed by atoms with Crippen LogP contribution >= 0.6 is 36.1 Å². The molecule has 4 aromatic heterocycles. The Hall–Kier alpha value is -4.30. The molecule has 4 aromatic rings. The number of hydrogen-bond donors (Lipinski definition) is 9. The van der Waals surface area contributed by atoms with Gasteiger partial charge in [-0.25, -0.2) is 33.4 Å². The lowest BCUT2D eigenvalue weighted by Gasteiger charge is -2.26. The van der Waals surface area contributed by atoms with Crippen LogP contribution in [0.3, 0.4) is 0 Å². The molecule has 3 aliphatic rings. The number of phosphoric ester groups is 3. The van der Waals surface area contributed by atoms with Crippen molar-refractivity contribution in [3.63, 3.8) is 0 Å². The summed E-state index contributed by atoms with van der Waals surface area (Å²) in [5.74, 6) is 0.524. The van der Waals surface area contributed by atoms with Gasteiger partial charge in [-0.3, -0.25) is 51.0 Å². The van der Waals surface area contributed by atoms with E-state index in [4.69, 9.17) is 58.6 Å². The molecule has 0 saturated carbocycles. The van der Waals surface area contributed by atoms with Crippen LogP contribution in [0.15, 0.2) is 39.5 Å². The molecule has 0 amide bonds. The number of H-pyrrole nitrogens is 1. The standard InChI is InChI=1S/C36H54N13O18P3S/c1-40-29-31(38)41-17-42-32(29)47(2)26-12-20(23(64-26)15-60-68(53,54)59-9-5-3-4-6-10-71)66-70(57,58)62-16-24-21(13-28(65-24)49-18-43-30-33(49)45-35(39)46-34(30)51)67-69(55,56)61-14-22-19(50)11-27(63-22)48-8-7-25(37)44-36(48)52/h7-8,17-24,26-28,50,71H,1,3-6,9-16H2,2H3,(H,53,54)(H,55,56)(H,57,58)(H2,37,44,52)(H2,38,41,42)(H3,39,45,46,51)/t19?,20?,21?,22-,23-,24-,26-,27-,28-/m1/s1. The lowest BCUT2D eigenvalue weighted by molar-refractivity contribution is -0.0590. The Morgan fingerprint density at radius 3 is 2.17 bits per heavy atom. The van der Waals surface area contributed by atoms with Gasteiger partial charge < -0.3 is 56.1 Å². The molecule has 0 aromatic carbocycles.